The predicted molar refractivity (Wildman–Crippen MR) is 119 cm³/mol. The first-order chi connectivity index (χ1) is 15.1. The van der Waals surface area contributed by atoms with Crippen molar-refractivity contribution < 1.29 is 9.53 Å². The molecule has 7 nitrogen and oxygen atoms in total. The van der Waals surface area contributed by atoms with Gasteiger partial charge in [0.1, 0.15) is 17.4 Å². The van der Waals surface area contributed by atoms with Crippen molar-refractivity contribution in [3.05, 3.63) is 86.1 Å². The molecule has 2 aromatic carbocycles. The Morgan fingerprint density at radius 2 is 2.03 bits per heavy atom. The van der Waals surface area contributed by atoms with Crippen molar-refractivity contribution >= 4 is 28.1 Å². The first kappa shape index (κ1) is 19.4. The summed E-state index contributed by atoms with van der Waals surface area (Å²) < 4.78 is 5.96. The van der Waals surface area contributed by atoms with Crippen molar-refractivity contribution in [1.29, 1.82) is 0 Å². The molecule has 2 atom stereocenters. The number of para-hydroxylation sites is 1. The lowest BCUT2D eigenvalue weighted by atomic mass is 10.1. The fourth-order valence-corrected chi connectivity index (χ4v) is 4.44. The average Bonchev–Trinajstić information content (AvgIpc) is 3.40. The number of fused-ring (bicyclic) bond motifs is 1. The maximum Gasteiger partial charge on any atom is 0.322 e. The van der Waals surface area contributed by atoms with E-state index in [1.807, 2.05) is 37.3 Å². The topological polar surface area (TPSA) is 97.0 Å². The Morgan fingerprint density at radius 1 is 1.23 bits per heavy atom. The zero-order chi connectivity index (χ0) is 21.4. The molecular weight excluding hydrogens is 412 g/mol. The Labute approximate surface area is 182 Å². The van der Waals surface area contributed by atoms with Gasteiger partial charge in [0.05, 0.1) is 5.52 Å². The molecule has 1 fully saturated rings. The van der Waals surface area contributed by atoms with Crippen molar-refractivity contribution in [1.82, 2.24) is 20.5 Å². The molecule has 5 rings (SSSR count). The number of aromatic amines is 1. The largest absolute Gasteiger partial charge is 0.489 e. The van der Waals surface area contributed by atoms with E-state index in [4.69, 9.17) is 4.74 Å². The number of hydrogen-bond donors (Lipinski definition) is 2. The van der Waals surface area contributed by atoms with Crippen LogP contribution >= 0.6 is 11.3 Å². The molecule has 0 bridgehead atoms. The Bertz CT molecular complexity index is 1310. The van der Waals surface area contributed by atoms with Gasteiger partial charge in [-0.3, -0.25) is 14.6 Å². The van der Waals surface area contributed by atoms with Gasteiger partial charge in [-0.1, -0.05) is 29.5 Å². The van der Waals surface area contributed by atoms with Crippen LogP contribution in [0.1, 0.15) is 39.0 Å². The third-order valence-corrected chi connectivity index (χ3v) is 6.20. The third-order valence-electron chi connectivity index (χ3n) is 5.32. The SMILES string of the molecule is Cc1cc(COc2ccc(C(=O)NC3CC3c3n[nH]c(=O)s3)cc2)c2ccccc2n1. The molecule has 31 heavy (non-hydrogen) atoms. The van der Waals surface area contributed by atoms with Gasteiger partial charge in [0, 0.05) is 34.2 Å². The number of carbonyl (C=O) groups excluding carboxylic acids is 1. The van der Waals surface area contributed by atoms with Gasteiger partial charge < -0.3 is 10.1 Å². The van der Waals surface area contributed by atoms with E-state index in [9.17, 15) is 9.59 Å². The Kier molecular flexibility index (Phi) is 4.99. The first-order valence-corrected chi connectivity index (χ1v) is 10.8. The van der Waals surface area contributed by atoms with E-state index in [-0.39, 0.29) is 22.7 Å². The molecule has 0 spiro atoms. The van der Waals surface area contributed by atoms with Crippen LogP contribution in [0.25, 0.3) is 10.9 Å². The number of H-pyrrole nitrogens is 1. The highest BCUT2D eigenvalue weighted by Crippen LogP contribution is 2.40. The van der Waals surface area contributed by atoms with E-state index >= 15 is 0 Å². The van der Waals surface area contributed by atoms with Crippen molar-refractivity contribution in [3.8, 4) is 5.75 Å². The van der Waals surface area contributed by atoms with Crippen LogP contribution in [0, 0.1) is 6.92 Å². The first-order valence-electron chi connectivity index (χ1n) is 10.0. The van der Waals surface area contributed by atoms with Crippen LogP contribution in [0.2, 0.25) is 0 Å². The molecule has 2 unspecified atom stereocenters. The standard InChI is InChI=1S/C23H20N4O3S/c1-13-10-15(17-4-2-3-5-19(17)24-13)12-30-16-8-6-14(7-9-16)21(28)25-20-11-18(20)22-26-27-23(29)31-22/h2-10,18,20H,11-12H2,1H3,(H,25,28)(H,27,29). The number of hydrogen-bond acceptors (Lipinski definition) is 6. The quantitative estimate of drug-likeness (QED) is 0.486. The van der Waals surface area contributed by atoms with E-state index in [0.29, 0.717) is 17.9 Å². The number of rotatable bonds is 6. The Balaban J connectivity index is 1.21. The third kappa shape index (κ3) is 4.20. The minimum absolute atomic E-state index is 0.0191. The summed E-state index contributed by atoms with van der Waals surface area (Å²) in [5.74, 6) is 0.674. The van der Waals surface area contributed by atoms with Gasteiger partial charge in [-0.05, 0) is 49.7 Å². The summed E-state index contributed by atoms with van der Waals surface area (Å²) in [4.78, 5) is 28.1. The van der Waals surface area contributed by atoms with Crippen molar-refractivity contribution in [3.63, 3.8) is 0 Å². The monoisotopic (exact) mass is 432 g/mol. The molecule has 0 aliphatic heterocycles. The maximum atomic E-state index is 12.5. The second-order valence-corrected chi connectivity index (χ2v) is 8.62. The number of benzene rings is 2. The average molecular weight is 433 g/mol. The molecule has 156 valence electrons. The van der Waals surface area contributed by atoms with E-state index in [0.717, 1.165) is 44.9 Å². The molecule has 0 saturated heterocycles. The summed E-state index contributed by atoms with van der Waals surface area (Å²) in [7, 11) is 0. The molecule has 2 aromatic heterocycles. The highest BCUT2D eigenvalue weighted by atomic mass is 32.1. The number of nitrogens with one attached hydrogen (secondary N) is 2. The van der Waals surface area contributed by atoms with Gasteiger partial charge >= 0.3 is 4.87 Å². The van der Waals surface area contributed by atoms with Crippen LogP contribution in [0.5, 0.6) is 5.75 Å². The van der Waals surface area contributed by atoms with E-state index in [1.54, 1.807) is 24.3 Å². The van der Waals surface area contributed by atoms with Crippen molar-refractivity contribution in [2.24, 2.45) is 0 Å². The lowest BCUT2D eigenvalue weighted by molar-refractivity contribution is 0.0950. The molecule has 2 heterocycles. The zero-order valence-corrected chi connectivity index (χ0v) is 17.6. The molecule has 0 radical (unpaired) electrons. The van der Waals surface area contributed by atoms with Crippen LogP contribution in [0.15, 0.2) is 59.4 Å². The summed E-state index contributed by atoms with van der Waals surface area (Å²) in [6.45, 7) is 2.39. The van der Waals surface area contributed by atoms with E-state index < -0.39 is 0 Å². The zero-order valence-electron chi connectivity index (χ0n) is 16.8. The number of nitrogens with zero attached hydrogens (tertiary/aromatic N) is 2. The lowest BCUT2D eigenvalue weighted by Crippen LogP contribution is -2.26. The van der Waals surface area contributed by atoms with Crippen molar-refractivity contribution in [2.45, 2.75) is 31.9 Å². The molecule has 1 amide bonds. The van der Waals surface area contributed by atoms with Gasteiger partial charge in [0.15, 0.2) is 0 Å². The predicted octanol–water partition coefficient (Wildman–Crippen LogP) is 3.55. The number of carbonyl (C=O) groups is 1. The van der Waals surface area contributed by atoms with E-state index in [2.05, 4.69) is 20.5 Å². The molecule has 1 aliphatic rings. The van der Waals surface area contributed by atoms with Gasteiger partial charge in [-0.25, -0.2) is 5.10 Å². The van der Waals surface area contributed by atoms with E-state index in [1.165, 1.54) is 0 Å². The molecule has 1 saturated carbocycles. The van der Waals surface area contributed by atoms with Crippen LogP contribution < -0.4 is 14.9 Å². The highest BCUT2D eigenvalue weighted by molar-refractivity contribution is 7.09. The summed E-state index contributed by atoms with van der Waals surface area (Å²) in [5.41, 5.74) is 3.54. The summed E-state index contributed by atoms with van der Waals surface area (Å²) in [5, 5.41) is 11.2. The van der Waals surface area contributed by atoms with Crippen LogP contribution in [-0.4, -0.2) is 27.1 Å². The second kappa shape index (κ2) is 7.96. The fourth-order valence-electron chi connectivity index (χ4n) is 3.66. The summed E-state index contributed by atoms with van der Waals surface area (Å²) >= 11 is 1.10. The van der Waals surface area contributed by atoms with Crippen LogP contribution in [-0.2, 0) is 6.61 Å². The van der Waals surface area contributed by atoms with Gasteiger partial charge in [0.2, 0.25) is 0 Å². The number of amides is 1. The van der Waals surface area contributed by atoms with Crippen LogP contribution in [0.4, 0.5) is 0 Å². The molecule has 8 heteroatoms. The van der Waals surface area contributed by atoms with Crippen LogP contribution in [0.3, 0.4) is 0 Å². The molecule has 1 aliphatic carbocycles. The summed E-state index contributed by atoms with van der Waals surface area (Å²) in [6.07, 6.45) is 0.799. The van der Waals surface area contributed by atoms with Gasteiger partial charge in [0.25, 0.3) is 5.91 Å². The maximum absolute atomic E-state index is 12.5. The van der Waals surface area contributed by atoms with Crippen molar-refractivity contribution in [2.75, 3.05) is 0 Å². The lowest BCUT2D eigenvalue weighted by Gasteiger charge is -2.11. The smallest absolute Gasteiger partial charge is 0.322 e. The minimum Gasteiger partial charge on any atom is -0.489 e. The number of ether oxygens (including phenoxy) is 1. The number of pyridine rings is 1. The Hall–Kier alpha value is -3.52. The fraction of sp³-hybridized carbons (Fsp3) is 0.217. The van der Waals surface area contributed by atoms with Gasteiger partial charge in [-0.2, -0.15) is 5.10 Å². The van der Waals surface area contributed by atoms with Gasteiger partial charge in [-0.15, -0.1) is 0 Å². The minimum atomic E-state index is -0.169. The normalized spacial score (nSPS) is 17.5. The molecular formula is C23H20N4O3S. The number of aryl methyl sites for hydroxylation is 1. The number of aromatic nitrogens is 3. The molecule has 4 aromatic rings. The second-order valence-electron chi connectivity index (χ2n) is 7.63. The highest BCUT2D eigenvalue weighted by Gasteiger charge is 2.42. The Morgan fingerprint density at radius 3 is 2.81 bits per heavy atom. The molecule has 2 N–H and O–H groups in total. The summed E-state index contributed by atoms with van der Waals surface area (Å²) in [6, 6.07) is 17.2.